The number of amides is 1. The molecule has 132 valence electrons. The van der Waals surface area contributed by atoms with Crippen molar-refractivity contribution in [3.05, 3.63) is 63.9 Å². The molecule has 3 rings (SSSR count). The summed E-state index contributed by atoms with van der Waals surface area (Å²) in [6.45, 7) is 4.58. The molecule has 1 heterocycles. The van der Waals surface area contributed by atoms with Crippen LogP contribution in [-0.2, 0) is 11.3 Å². The van der Waals surface area contributed by atoms with Gasteiger partial charge in [0.25, 0.3) is 0 Å². The molecule has 5 heteroatoms. The lowest BCUT2D eigenvalue weighted by Gasteiger charge is -2.31. The number of hydrogen-bond donors (Lipinski definition) is 1. The van der Waals surface area contributed by atoms with Gasteiger partial charge in [-0.25, -0.2) is 4.39 Å². The van der Waals surface area contributed by atoms with Gasteiger partial charge in [0.05, 0.1) is 0 Å². The lowest BCUT2D eigenvalue weighted by Crippen LogP contribution is -2.37. The van der Waals surface area contributed by atoms with Crippen molar-refractivity contribution in [1.29, 1.82) is 0 Å². The van der Waals surface area contributed by atoms with Crippen molar-refractivity contribution >= 4 is 27.5 Å². The minimum Gasteiger partial charge on any atom is -0.326 e. The summed E-state index contributed by atoms with van der Waals surface area (Å²) >= 11 is 3.47. The van der Waals surface area contributed by atoms with E-state index in [0.29, 0.717) is 0 Å². The molecular weight excluding hydrogens is 383 g/mol. The molecule has 25 heavy (non-hydrogen) atoms. The second kappa shape index (κ2) is 8.11. The maximum atomic E-state index is 13.0. The minimum absolute atomic E-state index is 0.0495. The highest BCUT2D eigenvalue weighted by atomic mass is 79.9. The number of rotatable bonds is 4. The number of piperidine rings is 1. The van der Waals surface area contributed by atoms with Gasteiger partial charge in [0, 0.05) is 22.6 Å². The van der Waals surface area contributed by atoms with Crippen molar-refractivity contribution in [3.63, 3.8) is 0 Å². The standard InChI is InChI=1S/C20H22BrFN2O/c1-14-12-18(6-7-19(14)21)23-20(25)16-8-10-24(11-9-16)13-15-2-4-17(22)5-3-15/h2-7,12,16H,8-11,13H2,1H3,(H,23,25). The van der Waals surface area contributed by atoms with E-state index in [-0.39, 0.29) is 17.6 Å². The molecule has 2 aromatic rings. The van der Waals surface area contributed by atoms with Crippen LogP contribution in [0, 0.1) is 18.7 Å². The second-order valence-corrected chi connectivity index (χ2v) is 7.48. The number of hydrogen-bond acceptors (Lipinski definition) is 2. The van der Waals surface area contributed by atoms with Crippen LogP contribution in [0.25, 0.3) is 0 Å². The van der Waals surface area contributed by atoms with E-state index >= 15 is 0 Å². The average Bonchev–Trinajstić information content (AvgIpc) is 2.61. The summed E-state index contributed by atoms with van der Waals surface area (Å²) in [6.07, 6.45) is 1.70. The zero-order valence-electron chi connectivity index (χ0n) is 14.3. The second-order valence-electron chi connectivity index (χ2n) is 6.63. The summed E-state index contributed by atoms with van der Waals surface area (Å²) in [4.78, 5) is 14.8. The molecule has 2 aromatic carbocycles. The molecule has 1 amide bonds. The van der Waals surface area contributed by atoms with Crippen LogP contribution in [-0.4, -0.2) is 23.9 Å². The van der Waals surface area contributed by atoms with Crippen LogP contribution in [0.2, 0.25) is 0 Å². The molecule has 0 saturated carbocycles. The van der Waals surface area contributed by atoms with E-state index in [9.17, 15) is 9.18 Å². The van der Waals surface area contributed by atoms with Gasteiger partial charge in [-0.1, -0.05) is 28.1 Å². The van der Waals surface area contributed by atoms with E-state index in [4.69, 9.17) is 0 Å². The van der Waals surface area contributed by atoms with Crippen molar-refractivity contribution in [3.8, 4) is 0 Å². The number of aryl methyl sites for hydroxylation is 1. The summed E-state index contributed by atoms with van der Waals surface area (Å²) in [7, 11) is 0. The van der Waals surface area contributed by atoms with Gasteiger partial charge in [-0.3, -0.25) is 9.69 Å². The molecule has 1 saturated heterocycles. The van der Waals surface area contributed by atoms with Gasteiger partial charge in [0.15, 0.2) is 0 Å². The first-order valence-electron chi connectivity index (χ1n) is 8.55. The van der Waals surface area contributed by atoms with E-state index < -0.39 is 0 Å². The Hall–Kier alpha value is -1.72. The highest BCUT2D eigenvalue weighted by Crippen LogP contribution is 2.23. The highest BCUT2D eigenvalue weighted by Gasteiger charge is 2.25. The topological polar surface area (TPSA) is 32.3 Å². The fourth-order valence-electron chi connectivity index (χ4n) is 3.17. The lowest BCUT2D eigenvalue weighted by atomic mass is 9.95. The quantitative estimate of drug-likeness (QED) is 0.797. The van der Waals surface area contributed by atoms with E-state index in [0.717, 1.165) is 53.8 Å². The predicted octanol–water partition coefficient (Wildman–Crippen LogP) is 4.75. The van der Waals surface area contributed by atoms with Gasteiger partial charge >= 0.3 is 0 Å². The Morgan fingerprint density at radius 2 is 1.88 bits per heavy atom. The normalized spacial score (nSPS) is 16.0. The molecule has 1 N–H and O–H groups in total. The number of halogens is 2. The summed E-state index contributed by atoms with van der Waals surface area (Å²) in [5, 5.41) is 3.03. The molecule has 1 aliphatic heterocycles. The number of anilines is 1. The number of nitrogens with one attached hydrogen (secondary N) is 1. The summed E-state index contributed by atoms with van der Waals surface area (Å²) < 4.78 is 14.0. The van der Waals surface area contributed by atoms with Crippen LogP contribution < -0.4 is 5.32 Å². The third-order valence-corrected chi connectivity index (χ3v) is 5.59. The molecule has 0 radical (unpaired) electrons. The maximum Gasteiger partial charge on any atom is 0.227 e. The summed E-state index contributed by atoms with van der Waals surface area (Å²) in [6, 6.07) is 12.5. The first-order valence-corrected chi connectivity index (χ1v) is 9.34. The smallest absolute Gasteiger partial charge is 0.227 e. The van der Waals surface area contributed by atoms with Crippen LogP contribution >= 0.6 is 15.9 Å². The third-order valence-electron chi connectivity index (χ3n) is 4.70. The predicted molar refractivity (Wildman–Crippen MR) is 102 cm³/mol. The van der Waals surface area contributed by atoms with E-state index in [2.05, 4.69) is 26.1 Å². The molecule has 1 aliphatic rings. The third kappa shape index (κ3) is 4.89. The Kier molecular flexibility index (Phi) is 5.86. The Balaban J connectivity index is 1.50. The molecule has 1 fully saturated rings. The Morgan fingerprint density at radius 3 is 2.52 bits per heavy atom. The fourth-order valence-corrected chi connectivity index (χ4v) is 3.41. The SMILES string of the molecule is Cc1cc(NC(=O)C2CCN(Cc3ccc(F)cc3)CC2)ccc1Br. The average molecular weight is 405 g/mol. The molecule has 3 nitrogen and oxygen atoms in total. The number of likely N-dealkylation sites (tertiary alicyclic amines) is 1. The van der Waals surface area contributed by atoms with E-state index in [1.165, 1.54) is 12.1 Å². The van der Waals surface area contributed by atoms with Crippen molar-refractivity contribution in [2.75, 3.05) is 18.4 Å². The molecule has 0 aromatic heterocycles. The van der Waals surface area contributed by atoms with Crippen LogP contribution in [0.3, 0.4) is 0 Å². The van der Waals surface area contributed by atoms with E-state index in [1.807, 2.05) is 37.3 Å². The molecule has 0 spiro atoms. The number of carbonyl (C=O) groups excluding carboxylic acids is 1. The molecular formula is C20H22BrFN2O. The Morgan fingerprint density at radius 1 is 1.20 bits per heavy atom. The van der Waals surface area contributed by atoms with Gasteiger partial charge in [-0.2, -0.15) is 0 Å². The minimum atomic E-state index is -0.206. The zero-order chi connectivity index (χ0) is 17.8. The Bertz CT molecular complexity index is 740. The number of nitrogens with zero attached hydrogens (tertiary/aromatic N) is 1. The van der Waals surface area contributed by atoms with Gasteiger partial charge in [0.1, 0.15) is 5.82 Å². The van der Waals surface area contributed by atoms with Gasteiger partial charge < -0.3 is 5.32 Å². The van der Waals surface area contributed by atoms with E-state index in [1.54, 1.807) is 0 Å². The fraction of sp³-hybridized carbons (Fsp3) is 0.350. The molecule has 0 aliphatic carbocycles. The molecule has 0 unspecified atom stereocenters. The zero-order valence-corrected chi connectivity index (χ0v) is 15.9. The van der Waals surface area contributed by atoms with Gasteiger partial charge in [-0.05, 0) is 74.3 Å². The monoisotopic (exact) mass is 404 g/mol. The molecule has 0 bridgehead atoms. The summed E-state index contributed by atoms with van der Waals surface area (Å²) in [5.41, 5.74) is 3.06. The van der Waals surface area contributed by atoms with Crippen molar-refractivity contribution in [2.45, 2.75) is 26.3 Å². The van der Waals surface area contributed by atoms with Crippen LogP contribution in [0.15, 0.2) is 46.9 Å². The first kappa shape index (κ1) is 18.1. The lowest BCUT2D eigenvalue weighted by molar-refractivity contribution is -0.121. The first-order chi connectivity index (χ1) is 12.0. The Labute approximate surface area is 156 Å². The van der Waals surface area contributed by atoms with Crippen LogP contribution in [0.5, 0.6) is 0 Å². The number of benzene rings is 2. The van der Waals surface area contributed by atoms with Gasteiger partial charge in [-0.15, -0.1) is 0 Å². The molecule has 0 atom stereocenters. The van der Waals surface area contributed by atoms with Crippen molar-refractivity contribution in [2.24, 2.45) is 5.92 Å². The summed E-state index contributed by atoms with van der Waals surface area (Å²) in [5.74, 6) is -0.0566. The van der Waals surface area contributed by atoms with Crippen LogP contribution in [0.1, 0.15) is 24.0 Å². The van der Waals surface area contributed by atoms with Crippen molar-refractivity contribution in [1.82, 2.24) is 4.90 Å². The van der Waals surface area contributed by atoms with Gasteiger partial charge in [0.2, 0.25) is 5.91 Å². The highest BCUT2D eigenvalue weighted by molar-refractivity contribution is 9.10. The maximum absolute atomic E-state index is 13.0. The van der Waals surface area contributed by atoms with Crippen molar-refractivity contribution < 1.29 is 9.18 Å². The number of carbonyl (C=O) groups is 1. The largest absolute Gasteiger partial charge is 0.326 e. The van der Waals surface area contributed by atoms with Crippen LogP contribution in [0.4, 0.5) is 10.1 Å².